The van der Waals surface area contributed by atoms with E-state index in [1.165, 1.54) is 5.56 Å². The Labute approximate surface area is 177 Å². The molecule has 2 aromatic carbocycles. The van der Waals surface area contributed by atoms with Crippen molar-refractivity contribution in [1.82, 2.24) is 20.7 Å². The van der Waals surface area contributed by atoms with Crippen LogP contribution >= 0.6 is 0 Å². The highest BCUT2D eigenvalue weighted by Gasteiger charge is 2.52. The Morgan fingerprint density at radius 3 is 2.47 bits per heavy atom. The van der Waals surface area contributed by atoms with E-state index in [0.29, 0.717) is 18.5 Å². The predicted molar refractivity (Wildman–Crippen MR) is 114 cm³/mol. The molecule has 0 saturated carbocycles. The summed E-state index contributed by atoms with van der Waals surface area (Å²) in [6.07, 6.45) is 0.376. The molecule has 0 unspecified atom stereocenters. The molecule has 0 spiro atoms. The lowest BCUT2D eigenvalue weighted by molar-refractivity contribution is -0.139. The molecule has 0 aliphatic carbocycles. The maximum Gasteiger partial charge on any atom is 0.344 e. The van der Waals surface area contributed by atoms with Crippen molar-refractivity contribution in [2.45, 2.75) is 39.3 Å². The first-order valence-corrected chi connectivity index (χ1v) is 10.0. The fourth-order valence-electron chi connectivity index (χ4n) is 3.81. The molecular formula is C23H28N4O3. The van der Waals surface area contributed by atoms with Gasteiger partial charge in [0.2, 0.25) is 0 Å². The SMILES string of the molecule is CC[C@@]1(c2ccccc2)NC(=O)N(NC(=O)CN(C)Cc2ccc(C)cc2C)C1=O. The third-order valence-corrected chi connectivity index (χ3v) is 5.48. The number of rotatable bonds is 7. The van der Waals surface area contributed by atoms with Gasteiger partial charge in [0.25, 0.3) is 11.8 Å². The van der Waals surface area contributed by atoms with E-state index in [1.54, 1.807) is 12.1 Å². The summed E-state index contributed by atoms with van der Waals surface area (Å²) >= 11 is 0. The Hall–Kier alpha value is -3.19. The number of hydrogen-bond acceptors (Lipinski definition) is 4. The van der Waals surface area contributed by atoms with Crippen molar-refractivity contribution in [3.8, 4) is 0 Å². The monoisotopic (exact) mass is 408 g/mol. The van der Waals surface area contributed by atoms with E-state index in [9.17, 15) is 14.4 Å². The highest BCUT2D eigenvalue weighted by Crippen LogP contribution is 2.31. The lowest BCUT2D eigenvalue weighted by Crippen LogP contribution is -2.50. The van der Waals surface area contributed by atoms with Crippen molar-refractivity contribution >= 4 is 17.8 Å². The van der Waals surface area contributed by atoms with Crippen LogP contribution < -0.4 is 10.7 Å². The zero-order valence-corrected chi connectivity index (χ0v) is 17.9. The van der Waals surface area contributed by atoms with Gasteiger partial charge in [-0.15, -0.1) is 0 Å². The molecule has 1 aliphatic heterocycles. The van der Waals surface area contributed by atoms with E-state index in [2.05, 4.69) is 16.8 Å². The number of benzene rings is 2. The first-order valence-electron chi connectivity index (χ1n) is 10.0. The number of hydrazine groups is 1. The van der Waals surface area contributed by atoms with Gasteiger partial charge >= 0.3 is 6.03 Å². The molecule has 3 rings (SSSR count). The highest BCUT2D eigenvalue weighted by atomic mass is 16.2. The number of hydrogen-bond donors (Lipinski definition) is 2. The molecule has 2 N–H and O–H groups in total. The zero-order chi connectivity index (χ0) is 21.9. The molecule has 1 aliphatic rings. The van der Waals surface area contributed by atoms with Crippen molar-refractivity contribution in [1.29, 1.82) is 0 Å². The molecule has 0 aromatic heterocycles. The number of amides is 4. The quantitative estimate of drug-likeness (QED) is 0.690. The van der Waals surface area contributed by atoms with Gasteiger partial charge in [0.15, 0.2) is 0 Å². The van der Waals surface area contributed by atoms with Crippen molar-refractivity contribution in [3.05, 3.63) is 70.8 Å². The normalized spacial score (nSPS) is 18.6. The van der Waals surface area contributed by atoms with E-state index in [0.717, 1.165) is 16.1 Å². The van der Waals surface area contributed by atoms with Crippen molar-refractivity contribution < 1.29 is 14.4 Å². The fourth-order valence-corrected chi connectivity index (χ4v) is 3.81. The largest absolute Gasteiger partial charge is 0.344 e. The number of likely N-dealkylation sites (N-methyl/N-ethyl adjacent to an activating group) is 1. The van der Waals surface area contributed by atoms with E-state index >= 15 is 0 Å². The molecule has 30 heavy (non-hydrogen) atoms. The first kappa shape index (κ1) is 21.5. The van der Waals surface area contributed by atoms with Crippen LogP contribution in [-0.4, -0.2) is 41.3 Å². The van der Waals surface area contributed by atoms with Crippen LogP contribution in [0.2, 0.25) is 0 Å². The maximum atomic E-state index is 13.1. The second kappa shape index (κ2) is 8.67. The molecule has 7 nitrogen and oxygen atoms in total. The van der Waals surface area contributed by atoms with E-state index < -0.39 is 23.4 Å². The van der Waals surface area contributed by atoms with Gasteiger partial charge in [-0.1, -0.05) is 61.0 Å². The Kier molecular flexibility index (Phi) is 6.22. The third kappa shape index (κ3) is 4.21. The van der Waals surface area contributed by atoms with Crippen molar-refractivity contribution in [2.75, 3.05) is 13.6 Å². The summed E-state index contributed by atoms with van der Waals surface area (Å²) in [5, 5.41) is 3.55. The van der Waals surface area contributed by atoms with Gasteiger partial charge < -0.3 is 5.32 Å². The summed E-state index contributed by atoms with van der Waals surface area (Å²) in [5.41, 5.74) is 5.46. The molecule has 0 bridgehead atoms. The second-order valence-corrected chi connectivity index (χ2v) is 7.83. The van der Waals surface area contributed by atoms with Crippen LogP contribution in [0.3, 0.4) is 0 Å². The fraction of sp³-hybridized carbons (Fsp3) is 0.348. The number of urea groups is 1. The summed E-state index contributed by atoms with van der Waals surface area (Å²) in [5.74, 6) is -0.905. The second-order valence-electron chi connectivity index (χ2n) is 7.83. The predicted octanol–water partition coefficient (Wildman–Crippen LogP) is 2.62. The Balaban J connectivity index is 1.66. The molecule has 0 radical (unpaired) electrons. The van der Waals surface area contributed by atoms with Gasteiger partial charge in [0.1, 0.15) is 5.54 Å². The summed E-state index contributed by atoms with van der Waals surface area (Å²) in [6.45, 7) is 6.54. The molecule has 1 heterocycles. The molecular weight excluding hydrogens is 380 g/mol. The standard InChI is InChI=1S/C23H28N4O3/c1-5-23(19-9-7-6-8-10-19)21(29)27(22(30)24-23)25-20(28)15-26(4)14-18-12-11-16(2)13-17(18)3/h6-13H,5,14-15H2,1-4H3,(H,24,30)(H,25,28)/t23-/m0/s1. The van der Waals surface area contributed by atoms with Crippen LogP contribution in [0.5, 0.6) is 0 Å². The Bertz CT molecular complexity index is 960. The summed E-state index contributed by atoms with van der Waals surface area (Å²) in [6, 6.07) is 14.6. The van der Waals surface area contributed by atoms with Crippen LogP contribution in [0.15, 0.2) is 48.5 Å². The number of aryl methyl sites for hydroxylation is 2. The number of nitrogens with zero attached hydrogens (tertiary/aromatic N) is 2. The lowest BCUT2D eigenvalue weighted by atomic mass is 9.87. The Morgan fingerprint density at radius 1 is 1.13 bits per heavy atom. The summed E-state index contributed by atoms with van der Waals surface area (Å²) in [7, 11) is 1.82. The average Bonchev–Trinajstić information content (AvgIpc) is 2.96. The van der Waals surface area contributed by atoms with Crippen molar-refractivity contribution in [3.63, 3.8) is 0 Å². The summed E-state index contributed by atoms with van der Waals surface area (Å²) < 4.78 is 0. The summed E-state index contributed by atoms with van der Waals surface area (Å²) in [4.78, 5) is 39.9. The van der Waals surface area contributed by atoms with E-state index in [-0.39, 0.29) is 6.54 Å². The molecule has 1 atom stereocenters. The first-order chi connectivity index (χ1) is 14.3. The lowest BCUT2D eigenvalue weighted by Gasteiger charge is -2.25. The molecule has 1 fully saturated rings. The zero-order valence-electron chi connectivity index (χ0n) is 17.9. The van der Waals surface area contributed by atoms with Gasteiger partial charge in [-0.2, -0.15) is 5.01 Å². The van der Waals surface area contributed by atoms with Crippen LogP contribution in [0, 0.1) is 13.8 Å². The van der Waals surface area contributed by atoms with Crippen LogP contribution in [0.4, 0.5) is 4.79 Å². The van der Waals surface area contributed by atoms with Gasteiger partial charge in [0, 0.05) is 6.54 Å². The average molecular weight is 409 g/mol. The minimum atomic E-state index is -1.17. The van der Waals surface area contributed by atoms with E-state index in [4.69, 9.17) is 0 Å². The molecule has 7 heteroatoms. The minimum absolute atomic E-state index is 0.0504. The van der Waals surface area contributed by atoms with Crippen LogP contribution in [0.25, 0.3) is 0 Å². The van der Waals surface area contributed by atoms with Crippen molar-refractivity contribution in [2.24, 2.45) is 0 Å². The van der Waals surface area contributed by atoms with Gasteiger partial charge in [-0.25, -0.2) is 4.79 Å². The van der Waals surface area contributed by atoms with Gasteiger partial charge in [0.05, 0.1) is 6.54 Å². The number of imide groups is 1. The molecule has 2 aromatic rings. The highest BCUT2D eigenvalue weighted by molar-refractivity contribution is 6.08. The van der Waals surface area contributed by atoms with Crippen LogP contribution in [-0.2, 0) is 21.7 Å². The van der Waals surface area contributed by atoms with Gasteiger partial charge in [-0.05, 0) is 44.0 Å². The Morgan fingerprint density at radius 2 is 1.83 bits per heavy atom. The minimum Gasteiger partial charge on any atom is -0.318 e. The molecule has 4 amide bonds. The van der Waals surface area contributed by atoms with Gasteiger partial charge in [-0.3, -0.25) is 19.9 Å². The maximum absolute atomic E-state index is 13.1. The number of carbonyl (C=O) groups is 3. The van der Waals surface area contributed by atoms with E-state index in [1.807, 2.05) is 63.1 Å². The third-order valence-electron chi connectivity index (χ3n) is 5.48. The molecule has 158 valence electrons. The topological polar surface area (TPSA) is 81.8 Å². The number of nitrogens with one attached hydrogen (secondary N) is 2. The number of carbonyl (C=O) groups excluding carboxylic acids is 3. The van der Waals surface area contributed by atoms with Crippen LogP contribution in [0.1, 0.15) is 35.6 Å². The molecule has 1 saturated heterocycles. The smallest absolute Gasteiger partial charge is 0.318 e.